The van der Waals surface area contributed by atoms with Crippen LogP contribution in [0.4, 0.5) is 5.69 Å². The van der Waals surface area contributed by atoms with Gasteiger partial charge >= 0.3 is 5.97 Å². The minimum atomic E-state index is -0.926. The third kappa shape index (κ3) is 2.69. The van der Waals surface area contributed by atoms with Crippen LogP contribution in [0.2, 0.25) is 0 Å². The molecule has 4 nitrogen and oxygen atoms in total. The first-order chi connectivity index (χ1) is 10.1. The van der Waals surface area contributed by atoms with Crippen LogP contribution in [0.1, 0.15) is 32.5 Å². The number of carboxylic acids is 1. The average Bonchev–Trinajstić information content (AvgIpc) is 2.95. The van der Waals surface area contributed by atoms with Crippen molar-refractivity contribution >= 4 is 40.7 Å². The Morgan fingerprint density at radius 2 is 2.19 bits per heavy atom. The lowest BCUT2D eigenvalue weighted by Crippen LogP contribution is -2.23. The van der Waals surface area contributed by atoms with Gasteiger partial charge in [0.25, 0.3) is 0 Å². The minimum Gasteiger partial charge on any atom is -0.477 e. The van der Waals surface area contributed by atoms with Gasteiger partial charge in [0.05, 0.1) is 0 Å². The van der Waals surface area contributed by atoms with Crippen molar-refractivity contribution in [1.82, 2.24) is 0 Å². The molecule has 0 aliphatic carbocycles. The number of benzene rings is 1. The fraction of sp³-hybridized carbons (Fsp3) is 0.200. The van der Waals surface area contributed by atoms with Gasteiger partial charge in [-0.3, -0.25) is 4.79 Å². The highest BCUT2D eigenvalue weighted by molar-refractivity contribution is 7.98. The first-order valence-corrected chi connectivity index (χ1v) is 8.43. The van der Waals surface area contributed by atoms with E-state index in [1.807, 2.05) is 30.5 Å². The quantitative estimate of drug-likeness (QED) is 0.848. The smallest absolute Gasteiger partial charge is 0.345 e. The summed E-state index contributed by atoms with van der Waals surface area (Å²) in [5.41, 5.74) is 1.87. The summed E-state index contributed by atoms with van der Waals surface area (Å²) in [6, 6.07) is 9.43. The average molecular weight is 319 g/mol. The number of anilines is 1. The highest BCUT2D eigenvalue weighted by atomic mass is 32.2. The van der Waals surface area contributed by atoms with Gasteiger partial charge in [0.15, 0.2) is 0 Å². The molecule has 1 aliphatic heterocycles. The van der Waals surface area contributed by atoms with E-state index in [4.69, 9.17) is 5.11 Å². The van der Waals surface area contributed by atoms with Crippen LogP contribution in [0, 0.1) is 0 Å². The van der Waals surface area contributed by atoms with Crippen molar-refractivity contribution in [2.75, 3.05) is 11.6 Å². The zero-order valence-electron chi connectivity index (χ0n) is 11.3. The summed E-state index contributed by atoms with van der Waals surface area (Å²) in [6.45, 7) is 0. The van der Waals surface area contributed by atoms with Gasteiger partial charge in [-0.2, -0.15) is 0 Å². The van der Waals surface area contributed by atoms with E-state index in [1.54, 1.807) is 17.8 Å². The summed E-state index contributed by atoms with van der Waals surface area (Å²) >= 11 is 2.86. The van der Waals surface area contributed by atoms with E-state index in [0.717, 1.165) is 21.0 Å². The van der Waals surface area contributed by atoms with Crippen molar-refractivity contribution in [1.29, 1.82) is 0 Å². The summed E-state index contributed by atoms with van der Waals surface area (Å²) < 4.78 is 0. The Hall–Kier alpha value is -1.79. The number of carboxylic acid groups (broad SMARTS) is 1. The molecule has 0 radical (unpaired) electrons. The molecule has 1 aromatic heterocycles. The number of carbonyl (C=O) groups is 2. The number of rotatable bonds is 3. The third-order valence-electron chi connectivity index (χ3n) is 3.48. The molecule has 6 heteroatoms. The van der Waals surface area contributed by atoms with Gasteiger partial charge < -0.3 is 10.4 Å². The van der Waals surface area contributed by atoms with Crippen molar-refractivity contribution in [3.05, 3.63) is 45.6 Å². The summed E-state index contributed by atoms with van der Waals surface area (Å²) in [6.07, 6.45) is 2.34. The molecule has 1 aromatic carbocycles. The standard InChI is InChI=1S/C15H13NO3S2/c1-20-8-2-3-9-10(7-14(17)16-11(9)6-8)12-4-5-13(21-12)15(18)19/h2-6,10H,7H2,1H3,(H,16,17)(H,18,19)/t10-/m1/s1. The molecule has 3 rings (SSSR count). The lowest BCUT2D eigenvalue weighted by molar-refractivity contribution is -0.116. The summed E-state index contributed by atoms with van der Waals surface area (Å²) in [7, 11) is 0. The van der Waals surface area contributed by atoms with Gasteiger partial charge in [-0.15, -0.1) is 23.1 Å². The van der Waals surface area contributed by atoms with Crippen molar-refractivity contribution in [2.45, 2.75) is 17.2 Å². The fourth-order valence-electron chi connectivity index (χ4n) is 2.48. The Balaban J connectivity index is 2.03. The number of fused-ring (bicyclic) bond motifs is 1. The first-order valence-electron chi connectivity index (χ1n) is 6.39. The molecule has 2 heterocycles. The Morgan fingerprint density at radius 1 is 1.38 bits per heavy atom. The molecule has 0 bridgehead atoms. The molecule has 0 spiro atoms. The van der Waals surface area contributed by atoms with Crippen molar-refractivity contribution in [3.63, 3.8) is 0 Å². The Kier molecular flexibility index (Phi) is 3.73. The Morgan fingerprint density at radius 3 is 2.86 bits per heavy atom. The number of thioether (sulfide) groups is 1. The molecule has 108 valence electrons. The number of amides is 1. The van der Waals surface area contributed by atoms with Gasteiger partial charge in [0.1, 0.15) is 4.88 Å². The van der Waals surface area contributed by atoms with E-state index >= 15 is 0 Å². The molecular formula is C15H13NO3S2. The van der Waals surface area contributed by atoms with Crippen molar-refractivity contribution in [3.8, 4) is 0 Å². The SMILES string of the molecule is CSc1ccc2c(c1)NC(=O)C[C@H]2c1ccc(C(=O)O)s1. The van der Waals surface area contributed by atoms with Crippen LogP contribution in [0.3, 0.4) is 0 Å². The van der Waals surface area contributed by atoms with E-state index in [-0.39, 0.29) is 11.8 Å². The summed E-state index contributed by atoms with van der Waals surface area (Å²) in [5, 5.41) is 11.9. The maximum Gasteiger partial charge on any atom is 0.345 e. The van der Waals surface area contributed by atoms with Crippen LogP contribution in [0.5, 0.6) is 0 Å². The normalized spacial score (nSPS) is 17.2. The van der Waals surface area contributed by atoms with Crippen molar-refractivity contribution in [2.24, 2.45) is 0 Å². The highest BCUT2D eigenvalue weighted by Gasteiger charge is 2.28. The Bertz CT molecular complexity index is 723. The minimum absolute atomic E-state index is 0.0315. The fourth-order valence-corrected chi connectivity index (χ4v) is 3.89. The second-order valence-corrected chi connectivity index (χ2v) is 6.76. The topological polar surface area (TPSA) is 66.4 Å². The van der Waals surface area contributed by atoms with Crippen LogP contribution in [-0.4, -0.2) is 23.2 Å². The highest BCUT2D eigenvalue weighted by Crippen LogP contribution is 2.41. The number of nitrogens with one attached hydrogen (secondary N) is 1. The van der Waals surface area contributed by atoms with Gasteiger partial charge in [-0.1, -0.05) is 6.07 Å². The second kappa shape index (κ2) is 5.54. The molecule has 1 amide bonds. The van der Waals surface area contributed by atoms with Crippen LogP contribution < -0.4 is 5.32 Å². The molecule has 0 saturated carbocycles. The summed E-state index contributed by atoms with van der Waals surface area (Å²) in [5.74, 6) is -1.02. The maximum atomic E-state index is 11.9. The van der Waals surface area contributed by atoms with E-state index in [0.29, 0.717) is 11.3 Å². The molecule has 2 N–H and O–H groups in total. The number of hydrogen-bond acceptors (Lipinski definition) is 4. The van der Waals surface area contributed by atoms with Crippen LogP contribution in [0.15, 0.2) is 35.2 Å². The lowest BCUT2D eigenvalue weighted by Gasteiger charge is -2.25. The van der Waals surface area contributed by atoms with Gasteiger partial charge in [-0.25, -0.2) is 4.79 Å². The largest absolute Gasteiger partial charge is 0.477 e. The predicted octanol–water partition coefficient (Wildman–Crippen LogP) is 3.64. The number of thiophene rings is 1. The third-order valence-corrected chi connectivity index (χ3v) is 5.39. The zero-order valence-corrected chi connectivity index (χ0v) is 12.9. The molecule has 21 heavy (non-hydrogen) atoms. The second-order valence-electron chi connectivity index (χ2n) is 4.77. The zero-order chi connectivity index (χ0) is 15.0. The van der Waals surface area contributed by atoms with Gasteiger partial charge in [0.2, 0.25) is 5.91 Å². The number of carbonyl (C=O) groups excluding carboxylic acids is 1. The van der Waals surface area contributed by atoms with Crippen LogP contribution >= 0.6 is 23.1 Å². The molecular weight excluding hydrogens is 306 g/mol. The van der Waals surface area contributed by atoms with Crippen LogP contribution in [0.25, 0.3) is 0 Å². The number of hydrogen-bond donors (Lipinski definition) is 2. The maximum absolute atomic E-state index is 11.9. The molecule has 0 fully saturated rings. The Labute approximate surface area is 130 Å². The number of aromatic carboxylic acids is 1. The summed E-state index contributed by atoms with van der Waals surface area (Å²) in [4.78, 5) is 25.2. The monoisotopic (exact) mass is 319 g/mol. The van der Waals surface area contributed by atoms with Crippen LogP contribution in [-0.2, 0) is 4.79 Å². The molecule has 0 unspecified atom stereocenters. The molecule has 2 aromatic rings. The molecule has 1 atom stereocenters. The molecule has 1 aliphatic rings. The van der Waals surface area contributed by atoms with E-state index in [1.165, 1.54) is 11.3 Å². The van der Waals surface area contributed by atoms with Gasteiger partial charge in [-0.05, 0) is 36.1 Å². The van der Waals surface area contributed by atoms with Crippen molar-refractivity contribution < 1.29 is 14.7 Å². The predicted molar refractivity (Wildman–Crippen MR) is 84.6 cm³/mol. The van der Waals surface area contributed by atoms with E-state index in [2.05, 4.69) is 5.32 Å². The molecule has 0 saturated heterocycles. The van der Waals surface area contributed by atoms with E-state index < -0.39 is 5.97 Å². The van der Waals surface area contributed by atoms with E-state index in [9.17, 15) is 9.59 Å². The lowest BCUT2D eigenvalue weighted by atomic mass is 9.89. The van der Waals surface area contributed by atoms with Gasteiger partial charge in [0, 0.05) is 27.8 Å². The first kappa shape index (κ1) is 14.2.